The predicted molar refractivity (Wildman–Crippen MR) is 110 cm³/mol. The summed E-state index contributed by atoms with van der Waals surface area (Å²) in [4.78, 5) is 21.3. The summed E-state index contributed by atoms with van der Waals surface area (Å²) in [6.45, 7) is 0.495. The Kier molecular flexibility index (Phi) is 4.11. The molecule has 6 rings (SSSR count). The fourth-order valence-electron chi connectivity index (χ4n) is 4.33. The van der Waals surface area contributed by atoms with Crippen LogP contribution in [-0.2, 0) is 24.3 Å². The summed E-state index contributed by atoms with van der Waals surface area (Å²) in [7, 11) is 0. The Balaban J connectivity index is 1.46. The van der Waals surface area contributed by atoms with Crippen LogP contribution in [0.4, 0.5) is 14.7 Å². The van der Waals surface area contributed by atoms with Gasteiger partial charge in [-0.25, -0.2) is 23.5 Å². The second-order valence-electron chi connectivity index (χ2n) is 7.60. The molecular formula is C23H16F2N4O3. The number of anilines is 1. The van der Waals surface area contributed by atoms with Gasteiger partial charge in [0.2, 0.25) is 5.95 Å². The molecule has 2 aliphatic heterocycles. The van der Waals surface area contributed by atoms with Crippen molar-refractivity contribution >= 4 is 17.4 Å². The third-order valence-corrected chi connectivity index (χ3v) is 5.88. The maximum absolute atomic E-state index is 14.5. The molecule has 0 spiro atoms. The highest BCUT2D eigenvalue weighted by atomic mass is 19.1. The molecule has 2 aliphatic rings. The number of aromatic nitrogens is 3. The van der Waals surface area contributed by atoms with Crippen LogP contribution in [0.25, 0.3) is 16.6 Å². The van der Waals surface area contributed by atoms with Gasteiger partial charge in [-0.05, 0) is 23.8 Å². The minimum absolute atomic E-state index is 0.112. The molecule has 32 heavy (non-hydrogen) atoms. The first-order chi connectivity index (χ1) is 15.6. The molecule has 2 aromatic carbocycles. The fraction of sp³-hybridized carbons (Fsp3) is 0.174. The molecule has 2 aromatic heterocycles. The van der Waals surface area contributed by atoms with E-state index in [1.54, 1.807) is 28.8 Å². The Labute approximate surface area is 180 Å². The average molecular weight is 434 g/mol. The van der Waals surface area contributed by atoms with Crippen LogP contribution in [0.5, 0.6) is 5.75 Å². The molecule has 1 N–H and O–H groups in total. The van der Waals surface area contributed by atoms with Gasteiger partial charge in [-0.15, -0.1) is 0 Å². The van der Waals surface area contributed by atoms with Gasteiger partial charge >= 0.3 is 5.97 Å². The summed E-state index contributed by atoms with van der Waals surface area (Å²) in [6, 6.07) is 7.69. The van der Waals surface area contributed by atoms with E-state index < -0.39 is 11.8 Å². The molecule has 4 aromatic rings. The number of hydrogen-bond acceptors (Lipinski definition) is 6. The van der Waals surface area contributed by atoms with E-state index in [4.69, 9.17) is 9.47 Å². The lowest BCUT2D eigenvalue weighted by atomic mass is 9.99. The highest BCUT2D eigenvalue weighted by molar-refractivity contribution is 6.01. The van der Waals surface area contributed by atoms with Gasteiger partial charge in [0.25, 0.3) is 0 Å². The van der Waals surface area contributed by atoms with Crippen molar-refractivity contribution in [3.63, 3.8) is 0 Å². The molecule has 7 nitrogen and oxygen atoms in total. The van der Waals surface area contributed by atoms with Crippen molar-refractivity contribution in [2.24, 2.45) is 0 Å². The van der Waals surface area contributed by atoms with Crippen LogP contribution in [0.1, 0.15) is 27.2 Å². The second-order valence-corrected chi connectivity index (χ2v) is 7.60. The van der Waals surface area contributed by atoms with Crippen LogP contribution in [-0.4, -0.2) is 26.9 Å². The van der Waals surface area contributed by atoms with Crippen LogP contribution in [0.2, 0.25) is 0 Å². The minimum Gasteiger partial charge on any atom is -0.493 e. The number of halogens is 2. The Morgan fingerprint density at radius 3 is 2.84 bits per heavy atom. The highest BCUT2D eigenvalue weighted by Crippen LogP contribution is 2.35. The van der Waals surface area contributed by atoms with Crippen LogP contribution in [0.15, 0.2) is 42.9 Å². The van der Waals surface area contributed by atoms with E-state index in [-0.39, 0.29) is 30.2 Å². The molecular weight excluding hydrogens is 418 g/mol. The smallest absolute Gasteiger partial charge is 0.359 e. The fourth-order valence-corrected chi connectivity index (χ4v) is 4.33. The van der Waals surface area contributed by atoms with E-state index in [1.165, 1.54) is 18.5 Å². The summed E-state index contributed by atoms with van der Waals surface area (Å²) in [5.74, 6) is -0.392. The standard InChI is InChI=1S/C23H16F2N4O3/c24-17-3-1-2-12-15-9-27-23(26-8-14-13-6-7-31-19(13)5-4-18(14)25)29-11-28-20(21(15)29)22(30)32-10-16(12)17/h1-5,9,11H,6-8,10H2,(H,26,27). The average Bonchev–Trinajstić information content (AvgIpc) is 3.44. The number of esters is 1. The number of fused-ring (bicyclic) bond motifs is 3. The lowest BCUT2D eigenvalue weighted by Crippen LogP contribution is -2.13. The number of imidazole rings is 1. The first-order valence-corrected chi connectivity index (χ1v) is 10.1. The minimum atomic E-state index is -0.649. The number of carbonyl (C=O) groups excluding carboxylic acids is 1. The van der Waals surface area contributed by atoms with Gasteiger partial charge in [-0.3, -0.25) is 4.40 Å². The molecule has 0 atom stereocenters. The lowest BCUT2D eigenvalue weighted by molar-refractivity contribution is 0.0465. The largest absolute Gasteiger partial charge is 0.493 e. The molecule has 4 heterocycles. The van der Waals surface area contributed by atoms with Gasteiger partial charge in [-0.2, -0.15) is 0 Å². The molecule has 0 radical (unpaired) electrons. The lowest BCUT2D eigenvalue weighted by Gasteiger charge is -2.17. The third kappa shape index (κ3) is 2.74. The van der Waals surface area contributed by atoms with E-state index in [1.807, 2.05) is 0 Å². The number of cyclic esters (lactones) is 1. The number of carbonyl (C=O) groups is 1. The number of benzene rings is 2. The van der Waals surface area contributed by atoms with Crippen molar-refractivity contribution in [1.29, 1.82) is 0 Å². The van der Waals surface area contributed by atoms with Crippen LogP contribution >= 0.6 is 0 Å². The van der Waals surface area contributed by atoms with E-state index in [2.05, 4.69) is 15.3 Å². The van der Waals surface area contributed by atoms with Crippen LogP contribution in [0, 0.1) is 11.6 Å². The second kappa shape index (κ2) is 7.01. The van der Waals surface area contributed by atoms with Gasteiger partial charge in [0.1, 0.15) is 30.3 Å². The van der Waals surface area contributed by atoms with Crippen molar-refractivity contribution in [3.8, 4) is 16.9 Å². The Hall–Kier alpha value is -4.01. The molecule has 0 saturated carbocycles. The van der Waals surface area contributed by atoms with Gasteiger partial charge in [0.15, 0.2) is 5.69 Å². The first-order valence-electron chi connectivity index (χ1n) is 10.1. The first kappa shape index (κ1) is 18.7. The normalized spacial score (nSPS) is 14.2. The van der Waals surface area contributed by atoms with Gasteiger partial charge in [0.05, 0.1) is 12.1 Å². The van der Waals surface area contributed by atoms with Gasteiger partial charge < -0.3 is 14.8 Å². The summed E-state index contributed by atoms with van der Waals surface area (Å²) >= 11 is 0. The number of rotatable bonds is 3. The maximum atomic E-state index is 14.5. The quantitative estimate of drug-likeness (QED) is 0.493. The highest BCUT2D eigenvalue weighted by Gasteiger charge is 2.26. The Bertz CT molecular complexity index is 1420. The third-order valence-electron chi connectivity index (χ3n) is 5.88. The summed E-state index contributed by atoms with van der Waals surface area (Å²) in [6.07, 6.45) is 3.65. The molecule has 0 bridgehead atoms. The Morgan fingerprint density at radius 1 is 1.03 bits per heavy atom. The number of hydrogen-bond donors (Lipinski definition) is 1. The SMILES string of the molecule is O=C1OCc2c(F)cccc2-c2cnc(NCc3c(F)ccc4c3CCO4)n3cnc1c23. The van der Waals surface area contributed by atoms with E-state index in [0.717, 1.165) is 5.56 Å². The van der Waals surface area contributed by atoms with Gasteiger partial charge in [-0.1, -0.05) is 12.1 Å². The van der Waals surface area contributed by atoms with Crippen molar-refractivity contribution in [1.82, 2.24) is 14.4 Å². The molecule has 160 valence electrons. The van der Waals surface area contributed by atoms with E-state index in [0.29, 0.717) is 46.9 Å². The van der Waals surface area contributed by atoms with Crippen molar-refractivity contribution in [2.45, 2.75) is 19.6 Å². The van der Waals surface area contributed by atoms with Gasteiger partial charge in [0, 0.05) is 41.4 Å². The zero-order valence-electron chi connectivity index (χ0n) is 16.7. The van der Waals surface area contributed by atoms with Crippen molar-refractivity contribution in [3.05, 3.63) is 76.9 Å². The van der Waals surface area contributed by atoms with Crippen molar-refractivity contribution < 1.29 is 23.0 Å². The maximum Gasteiger partial charge on any atom is 0.359 e. The molecule has 0 aliphatic carbocycles. The van der Waals surface area contributed by atoms with E-state index in [9.17, 15) is 13.6 Å². The number of ether oxygens (including phenoxy) is 2. The summed E-state index contributed by atoms with van der Waals surface area (Å²) < 4.78 is 41.4. The van der Waals surface area contributed by atoms with Crippen LogP contribution in [0.3, 0.4) is 0 Å². The van der Waals surface area contributed by atoms with E-state index >= 15 is 0 Å². The summed E-state index contributed by atoms with van der Waals surface area (Å²) in [5.41, 5.74) is 3.31. The molecule has 9 heteroatoms. The zero-order valence-corrected chi connectivity index (χ0v) is 16.7. The van der Waals surface area contributed by atoms with Crippen LogP contribution < -0.4 is 10.1 Å². The molecule has 0 unspecified atom stereocenters. The molecule has 0 fully saturated rings. The zero-order chi connectivity index (χ0) is 21.8. The molecule has 0 amide bonds. The van der Waals surface area contributed by atoms with Crippen molar-refractivity contribution in [2.75, 3.05) is 11.9 Å². The summed E-state index contributed by atoms with van der Waals surface area (Å²) in [5, 5.41) is 3.14. The number of nitrogens with one attached hydrogen (secondary N) is 1. The Morgan fingerprint density at radius 2 is 1.94 bits per heavy atom. The number of nitrogens with zero attached hydrogens (tertiary/aromatic N) is 3. The predicted octanol–water partition coefficient (Wildman–Crippen LogP) is 3.89. The monoisotopic (exact) mass is 434 g/mol. The topological polar surface area (TPSA) is 77.8 Å². The molecule has 0 saturated heterocycles.